The molecular formula is C19H17F3N2OS. The summed E-state index contributed by atoms with van der Waals surface area (Å²) >= 11 is 1.38. The highest BCUT2D eigenvalue weighted by Crippen LogP contribution is 2.20. The monoisotopic (exact) mass is 378 g/mol. The zero-order valence-corrected chi connectivity index (χ0v) is 14.6. The molecule has 0 atom stereocenters. The topological polar surface area (TPSA) is 32.3 Å². The lowest BCUT2D eigenvalue weighted by Crippen LogP contribution is -2.44. The molecule has 0 aliphatic carbocycles. The van der Waals surface area contributed by atoms with Crippen molar-refractivity contribution in [2.45, 2.75) is 19.3 Å². The van der Waals surface area contributed by atoms with Crippen molar-refractivity contribution in [3.63, 3.8) is 0 Å². The van der Waals surface area contributed by atoms with Gasteiger partial charge in [0, 0.05) is 13.1 Å². The Hall–Kier alpha value is -2.54. The van der Waals surface area contributed by atoms with Gasteiger partial charge in [0.2, 0.25) is 0 Å². The molecule has 1 aromatic heterocycles. The summed E-state index contributed by atoms with van der Waals surface area (Å²) in [6.45, 7) is -1.20. The van der Waals surface area contributed by atoms with Crippen LogP contribution < -0.4 is 5.32 Å². The standard InChI is InChI=1S/C19H17F3N2OS/c20-19(21,22)13-24(11-14-8-9-26-12-14)18(25)23-10-16-6-3-5-15-4-1-2-7-17(15)16/h1-9,12H,10-11,13H2,(H,23,25). The van der Waals surface area contributed by atoms with Crippen LogP contribution in [-0.2, 0) is 13.1 Å². The SMILES string of the molecule is O=C(NCc1cccc2ccccc12)N(Cc1ccsc1)CC(F)(F)F. The predicted octanol–water partition coefficient (Wildman–Crippen LogP) is 5.18. The lowest BCUT2D eigenvalue weighted by molar-refractivity contribution is -0.140. The molecule has 1 heterocycles. The van der Waals surface area contributed by atoms with Gasteiger partial charge in [-0.05, 0) is 38.7 Å². The van der Waals surface area contributed by atoms with Gasteiger partial charge in [0.15, 0.2) is 0 Å². The Bertz CT molecular complexity index is 873. The number of urea groups is 1. The number of rotatable bonds is 5. The van der Waals surface area contributed by atoms with Crippen LogP contribution in [0.5, 0.6) is 0 Å². The van der Waals surface area contributed by atoms with Crippen molar-refractivity contribution in [2.75, 3.05) is 6.54 Å². The van der Waals surface area contributed by atoms with E-state index >= 15 is 0 Å². The van der Waals surface area contributed by atoms with E-state index in [2.05, 4.69) is 5.32 Å². The van der Waals surface area contributed by atoms with E-state index in [1.54, 1.807) is 16.8 Å². The van der Waals surface area contributed by atoms with Gasteiger partial charge in [-0.15, -0.1) is 0 Å². The lowest BCUT2D eigenvalue weighted by Gasteiger charge is -2.24. The molecule has 1 N–H and O–H groups in total. The number of nitrogens with zero attached hydrogens (tertiary/aromatic N) is 1. The first-order valence-electron chi connectivity index (χ1n) is 7.99. The predicted molar refractivity (Wildman–Crippen MR) is 97.0 cm³/mol. The first kappa shape index (κ1) is 18.3. The van der Waals surface area contributed by atoms with Gasteiger partial charge < -0.3 is 10.2 Å². The first-order chi connectivity index (χ1) is 12.4. The van der Waals surface area contributed by atoms with E-state index in [-0.39, 0.29) is 13.1 Å². The number of amides is 2. The average Bonchev–Trinajstić information content (AvgIpc) is 3.11. The molecule has 0 aliphatic heterocycles. The van der Waals surface area contributed by atoms with E-state index in [4.69, 9.17) is 0 Å². The highest BCUT2D eigenvalue weighted by Gasteiger charge is 2.33. The van der Waals surface area contributed by atoms with E-state index < -0.39 is 18.8 Å². The molecule has 2 aromatic carbocycles. The Morgan fingerprint density at radius 3 is 2.58 bits per heavy atom. The van der Waals surface area contributed by atoms with Crippen molar-refractivity contribution in [3.05, 3.63) is 70.4 Å². The van der Waals surface area contributed by atoms with Crippen LogP contribution in [0.2, 0.25) is 0 Å². The molecule has 0 spiro atoms. The molecule has 2 amide bonds. The normalized spacial score (nSPS) is 11.5. The molecule has 7 heteroatoms. The minimum Gasteiger partial charge on any atom is -0.334 e. The Morgan fingerprint density at radius 1 is 1.08 bits per heavy atom. The van der Waals surface area contributed by atoms with Gasteiger partial charge >= 0.3 is 12.2 Å². The molecule has 3 rings (SSSR count). The molecule has 0 bridgehead atoms. The Balaban J connectivity index is 1.72. The van der Waals surface area contributed by atoms with E-state index in [0.29, 0.717) is 5.56 Å². The zero-order valence-electron chi connectivity index (χ0n) is 13.8. The van der Waals surface area contributed by atoms with E-state index in [1.807, 2.05) is 42.5 Å². The number of benzene rings is 2. The minimum absolute atomic E-state index is 0.0790. The van der Waals surface area contributed by atoms with E-state index in [9.17, 15) is 18.0 Å². The first-order valence-corrected chi connectivity index (χ1v) is 8.94. The maximum Gasteiger partial charge on any atom is 0.406 e. The smallest absolute Gasteiger partial charge is 0.334 e. The second-order valence-corrected chi connectivity index (χ2v) is 6.68. The number of hydrogen-bond donors (Lipinski definition) is 1. The molecular weight excluding hydrogens is 361 g/mol. The fourth-order valence-electron chi connectivity index (χ4n) is 2.75. The summed E-state index contributed by atoms with van der Waals surface area (Å²) < 4.78 is 38.5. The Labute approximate surface area is 153 Å². The van der Waals surface area contributed by atoms with Crippen molar-refractivity contribution >= 4 is 28.1 Å². The van der Waals surface area contributed by atoms with Crippen molar-refractivity contribution in [1.82, 2.24) is 10.2 Å². The van der Waals surface area contributed by atoms with Crippen LogP contribution >= 0.6 is 11.3 Å². The maximum absolute atomic E-state index is 12.8. The minimum atomic E-state index is -4.45. The van der Waals surface area contributed by atoms with Gasteiger partial charge in [-0.2, -0.15) is 24.5 Å². The second kappa shape index (κ2) is 7.78. The summed E-state index contributed by atoms with van der Waals surface area (Å²) in [5, 5.41) is 8.11. The van der Waals surface area contributed by atoms with E-state index in [1.165, 1.54) is 11.3 Å². The number of alkyl halides is 3. The summed E-state index contributed by atoms with van der Waals surface area (Å²) in [5.74, 6) is 0. The molecule has 3 aromatic rings. The largest absolute Gasteiger partial charge is 0.406 e. The van der Waals surface area contributed by atoms with Crippen LogP contribution in [0.1, 0.15) is 11.1 Å². The van der Waals surface area contributed by atoms with Gasteiger partial charge in [-0.3, -0.25) is 0 Å². The Kier molecular flexibility index (Phi) is 5.46. The molecule has 136 valence electrons. The number of thiophene rings is 1. The maximum atomic E-state index is 12.8. The fourth-order valence-corrected chi connectivity index (χ4v) is 3.41. The third-order valence-corrected chi connectivity index (χ3v) is 4.65. The zero-order chi connectivity index (χ0) is 18.6. The van der Waals surface area contributed by atoms with Gasteiger partial charge in [-0.25, -0.2) is 4.79 Å². The molecule has 0 fully saturated rings. The van der Waals surface area contributed by atoms with Gasteiger partial charge in [0.05, 0.1) is 0 Å². The van der Waals surface area contributed by atoms with Crippen LogP contribution in [0, 0.1) is 0 Å². The number of halogens is 3. The number of nitrogens with one attached hydrogen (secondary N) is 1. The summed E-state index contributed by atoms with van der Waals surface area (Å²) in [6.07, 6.45) is -4.45. The fraction of sp³-hybridized carbons (Fsp3) is 0.211. The third-order valence-electron chi connectivity index (χ3n) is 3.92. The van der Waals surface area contributed by atoms with Crippen LogP contribution in [0.15, 0.2) is 59.3 Å². The Morgan fingerprint density at radius 2 is 1.85 bits per heavy atom. The summed E-state index contributed by atoms with van der Waals surface area (Å²) in [4.78, 5) is 13.2. The van der Waals surface area contributed by atoms with Crippen LogP contribution in [0.4, 0.5) is 18.0 Å². The molecule has 0 saturated carbocycles. The third kappa shape index (κ3) is 4.76. The number of carbonyl (C=O) groups excluding carboxylic acids is 1. The average molecular weight is 378 g/mol. The highest BCUT2D eigenvalue weighted by molar-refractivity contribution is 7.07. The molecule has 26 heavy (non-hydrogen) atoms. The van der Waals surface area contributed by atoms with E-state index in [0.717, 1.165) is 21.2 Å². The molecule has 0 radical (unpaired) electrons. The van der Waals surface area contributed by atoms with Crippen LogP contribution in [0.25, 0.3) is 10.8 Å². The second-order valence-electron chi connectivity index (χ2n) is 5.90. The van der Waals surface area contributed by atoms with Crippen molar-refractivity contribution in [1.29, 1.82) is 0 Å². The number of fused-ring (bicyclic) bond motifs is 1. The van der Waals surface area contributed by atoms with Crippen LogP contribution in [-0.4, -0.2) is 23.7 Å². The lowest BCUT2D eigenvalue weighted by atomic mass is 10.0. The molecule has 3 nitrogen and oxygen atoms in total. The number of hydrogen-bond acceptors (Lipinski definition) is 2. The molecule has 0 aliphatic rings. The summed E-state index contributed by atoms with van der Waals surface area (Å²) in [5.41, 5.74) is 1.54. The molecule has 0 saturated heterocycles. The van der Waals surface area contributed by atoms with Crippen LogP contribution in [0.3, 0.4) is 0 Å². The van der Waals surface area contributed by atoms with Crippen molar-refractivity contribution in [3.8, 4) is 0 Å². The van der Waals surface area contributed by atoms with Gasteiger partial charge in [-0.1, -0.05) is 42.5 Å². The summed E-state index contributed by atoms with van der Waals surface area (Å²) in [7, 11) is 0. The van der Waals surface area contributed by atoms with Crippen molar-refractivity contribution < 1.29 is 18.0 Å². The van der Waals surface area contributed by atoms with Gasteiger partial charge in [0.1, 0.15) is 6.54 Å². The molecule has 0 unspecified atom stereocenters. The van der Waals surface area contributed by atoms with Crippen molar-refractivity contribution in [2.24, 2.45) is 0 Å². The quantitative estimate of drug-likeness (QED) is 0.652. The number of carbonyl (C=O) groups is 1. The highest BCUT2D eigenvalue weighted by atomic mass is 32.1. The van der Waals surface area contributed by atoms with Gasteiger partial charge in [0.25, 0.3) is 0 Å². The summed E-state index contributed by atoms with van der Waals surface area (Å²) in [6, 6.07) is 14.3.